The van der Waals surface area contributed by atoms with Gasteiger partial charge in [0.15, 0.2) is 11.6 Å². The topological polar surface area (TPSA) is 39.6 Å². The Bertz CT molecular complexity index is 526. The van der Waals surface area contributed by atoms with Crippen molar-refractivity contribution in [2.45, 2.75) is 5.92 Å². The highest BCUT2D eigenvalue weighted by atomic mass is 19.2. The summed E-state index contributed by atoms with van der Waals surface area (Å²) in [6, 6.07) is 7.29. The zero-order valence-electron chi connectivity index (χ0n) is 8.24. The van der Waals surface area contributed by atoms with Crippen molar-refractivity contribution in [1.82, 2.24) is 4.98 Å². The van der Waals surface area contributed by atoms with Crippen LogP contribution in [0.1, 0.15) is 17.0 Å². The second kappa shape index (κ2) is 4.15. The van der Waals surface area contributed by atoms with E-state index in [0.717, 1.165) is 17.7 Å². The highest BCUT2D eigenvalue weighted by Gasteiger charge is 2.15. The Hall–Kier alpha value is -2.15. The normalized spacial score (nSPS) is 12.1. The molecule has 0 aliphatic rings. The third kappa shape index (κ3) is 1.80. The van der Waals surface area contributed by atoms with Crippen LogP contribution in [-0.2, 0) is 0 Å². The summed E-state index contributed by atoms with van der Waals surface area (Å²) in [7, 11) is 0. The van der Waals surface area contributed by atoms with Crippen molar-refractivity contribution >= 4 is 0 Å². The minimum Gasteiger partial charge on any atom is -0.367 e. The predicted octanol–water partition coefficient (Wildman–Crippen LogP) is 2.95. The summed E-state index contributed by atoms with van der Waals surface area (Å²) < 4.78 is 25.8. The molecule has 1 unspecified atom stereocenters. The maximum atomic E-state index is 13.0. The van der Waals surface area contributed by atoms with Crippen LogP contribution in [-0.4, -0.2) is 4.98 Å². The van der Waals surface area contributed by atoms with Crippen molar-refractivity contribution in [2.24, 2.45) is 0 Å². The van der Waals surface area contributed by atoms with Gasteiger partial charge < -0.3 is 4.98 Å². The number of nitrogens with one attached hydrogen (secondary N) is 1. The summed E-state index contributed by atoms with van der Waals surface area (Å²) in [6.45, 7) is 0. The van der Waals surface area contributed by atoms with Gasteiger partial charge in [-0.3, -0.25) is 0 Å². The van der Waals surface area contributed by atoms with E-state index in [1.54, 1.807) is 18.5 Å². The second-order valence-electron chi connectivity index (χ2n) is 3.38. The third-order valence-corrected chi connectivity index (χ3v) is 2.36. The monoisotopic (exact) mass is 218 g/mol. The van der Waals surface area contributed by atoms with Crippen LogP contribution in [0, 0.1) is 23.0 Å². The lowest BCUT2D eigenvalue weighted by molar-refractivity contribution is 0.507. The molecule has 0 fully saturated rings. The van der Waals surface area contributed by atoms with Gasteiger partial charge in [-0.1, -0.05) is 6.07 Å². The molecule has 0 radical (unpaired) electrons. The van der Waals surface area contributed by atoms with Crippen molar-refractivity contribution in [3.05, 3.63) is 59.4 Å². The summed E-state index contributed by atoms with van der Waals surface area (Å²) in [5.41, 5.74) is 1.18. The van der Waals surface area contributed by atoms with E-state index in [4.69, 9.17) is 5.26 Å². The fourth-order valence-corrected chi connectivity index (χ4v) is 1.55. The number of nitriles is 1. The lowest BCUT2D eigenvalue weighted by Gasteiger charge is -2.07. The standard InChI is InChI=1S/C12H8F2N2/c13-11-2-1-8(5-12(11)14)10(6-15)9-3-4-16-7-9/h1-5,7,10,16H. The van der Waals surface area contributed by atoms with Gasteiger partial charge in [-0.25, -0.2) is 8.78 Å². The van der Waals surface area contributed by atoms with Gasteiger partial charge >= 0.3 is 0 Å². The molecule has 0 spiro atoms. The molecule has 2 nitrogen and oxygen atoms in total. The summed E-state index contributed by atoms with van der Waals surface area (Å²) in [6.07, 6.45) is 3.34. The van der Waals surface area contributed by atoms with Crippen LogP contribution in [0.4, 0.5) is 8.78 Å². The lowest BCUT2D eigenvalue weighted by Crippen LogP contribution is -1.98. The number of aromatic amines is 1. The number of hydrogen-bond acceptors (Lipinski definition) is 1. The van der Waals surface area contributed by atoms with E-state index in [2.05, 4.69) is 11.1 Å². The molecule has 0 aliphatic heterocycles. The molecule has 0 amide bonds. The largest absolute Gasteiger partial charge is 0.367 e. The molecule has 2 rings (SSSR count). The zero-order chi connectivity index (χ0) is 11.5. The molecule has 0 saturated heterocycles. The van der Waals surface area contributed by atoms with E-state index in [9.17, 15) is 8.78 Å². The van der Waals surface area contributed by atoms with Gasteiger partial charge in [-0.15, -0.1) is 0 Å². The van der Waals surface area contributed by atoms with Crippen molar-refractivity contribution in [1.29, 1.82) is 5.26 Å². The minimum absolute atomic E-state index is 0.445. The molecule has 4 heteroatoms. The summed E-state index contributed by atoms with van der Waals surface area (Å²) in [5, 5.41) is 9.03. The van der Waals surface area contributed by atoms with Crippen molar-refractivity contribution < 1.29 is 8.78 Å². The Labute approximate surface area is 91.2 Å². The van der Waals surface area contributed by atoms with Gasteiger partial charge in [-0.2, -0.15) is 5.26 Å². The van der Waals surface area contributed by atoms with E-state index < -0.39 is 17.6 Å². The quantitative estimate of drug-likeness (QED) is 0.827. The smallest absolute Gasteiger partial charge is 0.159 e. The zero-order valence-corrected chi connectivity index (χ0v) is 8.24. The highest BCUT2D eigenvalue weighted by Crippen LogP contribution is 2.24. The maximum Gasteiger partial charge on any atom is 0.159 e. The van der Waals surface area contributed by atoms with Crippen molar-refractivity contribution in [2.75, 3.05) is 0 Å². The molecule has 1 atom stereocenters. The number of hydrogen-bond donors (Lipinski definition) is 1. The molecular formula is C12H8F2N2. The molecule has 1 N–H and O–H groups in total. The van der Waals surface area contributed by atoms with E-state index in [1.165, 1.54) is 6.07 Å². The summed E-state index contributed by atoms with van der Waals surface area (Å²) in [5.74, 6) is -2.43. The van der Waals surface area contributed by atoms with Crippen LogP contribution in [0.5, 0.6) is 0 Å². The molecule has 0 aliphatic carbocycles. The Kier molecular flexibility index (Phi) is 2.69. The van der Waals surface area contributed by atoms with Crippen LogP contribution in [0.2, 0.25) is 0 Å². The first kappa shape index (κ1) is 10.4. The van der Waals surface area contributed by atoms with E-state index in [-0.39, 0.29) is 0 Å². The number of rotatable bonds is 2. The number of H-pyrrole nitrogens is 1. The maximum absolute atomic E-state index is 13.0. The van der Waals surface area contributed by atoms with Crippen LogP contribution >= 0.6 is 0 Å². The molecule has 80 valence electrons. The first-order valence-corrected chi connectivity index (χ1v) is 4.69. The molecular weight excluding hydrogens is 210 g/mol. The fourth-order valence-electron chi connectivity index (χ4n) is 1.55. The average Bonchev–Trinajstić information content (AvgIpc) is 2.78. The minimum atomic E-state index is -0.937. The Morgan fingerprint density at radius 2 is 1.94 bits per heavy atom. The van der Waals surface area contributed by atoms with Gasteiger partial charge in [0.25, 0.3) is 0 Å². The lowest BCUT2D eigenvalue weighted by atomic mass is 9.95. The van der Waals surface area contributed by atoms with Crippen LogP contribution in [0.25, 0.3) is 0 Å². The van der Waals surface area contributed by atoms with Gasteiger partial charge in [0.2, 0.25) is 0 Å². The third-order valence-electron chi connectivity index (χ3n) is 2.36. The van der Waals surface area contributed by atoms with Crippen molar-refractivity contribution in [3.63, 3.8) is 0 Å². The number of aromatic nitrogens is 1. The first-order valence-electron chi connectivity index (χ1n) is 4.69. The Morgan fingerprint density at radius 3 is 2.50 bits per heavy atom. The first-order chi connectivity index (χ1) is 7.72. The molecule has 1 heterocycles. The Morgan fingerprint density at radius 1 is 1.12 bits per heavy atom. The van der Waals surface area contributed by atoms with Crippen LogP contribution in [0.15, 0.2) is 36.7 Å². The average molecular weight is 218 g/mol. The molecule has 0 saturated carbocycles. The Balaban J connectivity index is 2.43. The fraction of sp³-hybridized carbons (Fsp3) is 0.0833. The molecule has 16 heavy (non-hydrogen) atoms. The number of benzene rings is 1. The van der Waals surface area contributed by atoms with Gasteiger partial charge in [0, 0.05) is 12.4 Å². The summed E-state index contributed by atoms with van der Waals surface area (Å²) >= 11 is 0. The SMILES string of the molecule is N#CC(c1cc[nH]c1)c1ccc(F)c(F)c1. The van der Waals surface area contributed by atoms with Gasteiger partial charge in [-0.05, 0) is 29.3 Å². The van der Waals surface area contributed by atoms with E-state index in [1.807, 2.05) is 0 Å². The van der Waals surface area contributed by atoms with Gasteiger partial charge in [0.05, 0.1) is 12.0 Å². The molecule has 1 aromatic carbocycles. The predicted molar refractivity (Wildman–Crippen MR) is 54.6 cm³/mol. The van der Waals surface area contributed by atoms with Crippen molar-refractivity contribution in [3.8, 4) is 6.07 Å². The van der Waals surface area contributed by atoms with E-state index in [0.29, 0.717) is 5.56 Å². The summed E-state index contributed by atoms with van der Waals surface area (Å²) in [4.78, 5) is 2.82. The highest BCUT2D eigenvalue weighted by molar-refractivity contribution is 5.37. The van der Waals surface area contributed by atoms with Crippen LogP contribution < -0.4 is 0 Å². The molecule has 1 aromatic heterocycles. The molecule has 2 aromatic rings. The molecule has 0 bridgehead atoms. The number of nitrogens with zero attached hydrogens (tertiary/aromatic N) is 1. The van der Waals surface area contributed by atoms with Gasteiger partial charge in [0.1, 0.15) is 0 Å². The van der Waals surface area contributed by atoms with E-state index >= 15 is 0 Å². The van der Waals surface area contributed by atoms with Crippen LogP contribution in [0.3, 0.4) is 0 Å². The second-order valence-corrected chi connectivity index (χ2v) is 3.38. The number of halogens is 2.